The van der Waals surface area contributed by atoms with Gasteiger partial charge in [0.15, 0.2) is 0 Å². The van der Waals surface area contributed by atoms with Crippen LogP contribution in [-0.4, -0.2) is 58.7 Å². The summed E-state index contributed by atoms with van der Waals surface area (Å²) >= 11 is 0. The predicted molar refractivity (Wildman–Crippen MR) is 107 cm³/mol. The number of hydrogen-bond donors (Lipinski definition) is 1. The summed E-state index contributed by atoms with van der Waals surface area (Å²) in [7, 11) is 0. The van der Waals surface area contributed by atoms with Crippen molar-refractivity contribution in [2.45, 2.75) is 58.0 Å². The minimum atomic E-state index is -0.494. The van der Waals surface area contributed by atoms with Gasteiger partial charge in [0.2, 0.25) is 5.91 Å². The van der Waals surface area contributed by atoms with Crippen LogP contribution in [0.15, 0.2) is 24.3 Å². The number of phenols is 1. The number of amides is 2. The molecule has 2 heterocycles. The Morgan fingerprint density at radius 3 is 2.00 bits per heavy atom. The molecule has 1 aromatic rings. The van der Waals surface area contributed by atoms with Crippen LogP contribution in [0.25, 0.3) is 0 Å². The lowest BCUT2D eigenvalue weighted by Gasteiger charge is -2.37. The number of benzene rings is 1. The van der Waals surface area contributed by atoms with Gasteiger partial charge in [0, 0.05) is 32.1 Å². The Labute approximate surface area is 167 Å². The van der Waals surface area contributed by atoms with E-state index in [0.29, 0.717) is 31.8 Å². The van der Waals surface area contributed by atoms with Gasteiger partial charge < -0.3 is 19.6 Å². The molecule has 0 spiro atoms. The zero-order valence-corrected chi connectivity index (χ0v) is 17.2. The number of carbonyl (C=O) groups excluding carboxylic acids is 2. The highest BCUT2D eigenvalue weighted by Crippen LogP contribution is 2.30. The lowest BCUT2D eigenvalue weighted by atomic mass is 9.88. The van der Waals surface area contributed by atoms with Crippen molar-refractivity contribution in [1.29, 1.82) is 0 Å². The number of ether oxygens (including phenoxy) is 1. The first-order valence-corrected chi connectivity index (χ1v) is 10.3. The molecule has 6 heteroatoms. The first-order chi connectivity index (χ1) is 13.2. The van der Waals surface area contributed by atoms with Crippen LogP contribution in [0.3, 0.4) is 0 Å². The molecule has 0 bridgehead atoms. The highest BCUT2D eigenvalue weighted by molar-refractivity contribution is 5.79. The van der Waals surface area contributed by atoms with E-state index in [1.807, 2.05) is 37.8 Å². The monoisotopic (exact) mass is 388 g/mol. The molecule has 2 amide bonds. The molecule has 1 aromatic carbocycles. The van der Waals surface area contributed by atoms with Crippen LogP contribution >= 0.6 is 0 Å². The van der Waals surface area contributed by atoms with Crippen LogP contribution in [0.2, 0.25) is 0 Å². The average Bonchev–Trinajstić information content (AvgIpc) is 2.67. The Hall–Kier alpha value is -2.24. The molecule has 3 rings (SSSR count). The number of aromatic hydroxyl groups is 1. The maximum absolute atomic E-state index is 12.9. The van der Waals surface area contributed by atoms with Gasteiger partial charge in [0.25, 0.3) is 0 Å². The number of likely N-dealkylation sites (tertiary alicyclic amines) is 2. The summed E-state index contributed by atoms with van der Waals surface area (Å²) in [5, 5.41) is 9.44. The molecule has 1 N–H and O–H groups in total. The molecule has 0 aromatic heterocycles. The summed E-state index contributed by atoms with van der Waals surface area (Å²) in [6.07, 6.45) is 3.03. The van der Waals surface area contributed by atoms with E-state index >= 15 is 0 Å². The predicted octanol–water partition coefficient (Wildman–Crippen LogP) is 3.75. The molecule has 0 radical (unpaired) electrons. The van der Waals surface area contributed by atoms with Crippen LogP contribution in [0, 0.1) is 5.92 Å². The van der Waals surface area contributed by atoms with Gasteiger partial charge in [-0.2, -0.15) is 0 Å². The Bertz CT molecular complexity index is 679. The molecule has 0 atom stereocenters. The maximum atomic E-state index is 12.9. The fourth-order valence-electron chi connectivity index (χ4n) is 4.07. The lowest BCUT2D eigenvalue weighted by Crippen LogP contribution is -2.47. The second kappa shape index (κ2) is 8.41. The van der Waals surface area contributed by atoms with Gasteiger partial charge in [-0.3, -0.25) is 4.79 Å². The maximum Gasteiger partial charge on any atom is 0.410 e. The first-order valence-electron chi connectivity index (χ1n) is 10.3. The van der Waals surface area contributed by atoms with Crippen molar-refractivity contribution < 1.29 is 19.4 Å². The molecule has 2 saturated heterocycles. The van der Waals surface area contributed by atoms with E-state index in [1.165, 1.54) is 5.56 Å². The highest BCUT2D eigenvalue weighted by atomic mass is 16.6. The Kier molecular flexibility index (Phi) is 6.16. The topological polar surface area (TPSA) is 70.1 Å². The Morgan fingerprint density at radius 1 is 0.929 bits per heavy atom. The SMILES string of the molecule is CC(C)(C)OC(=O)N1CCC(C(=O)N2CCC(c3ccc(O)cc3)CC2)CC1. The summed E-state index contributed by atoms with van der Waals surface area (Å²) in [5.41, 5.74) is 0.738. The molecule has 2 aliphatic heterocycles. The van der Waals surface area contributed by atoms with Crippen molar-refractivity contribution in [3.63, 3.8) is 0 Å². The van der Waals surface area contributed by atoms with Gasteiger partial charge in [-0.25, -0.2) is 4.79 Å². The number of nitrogens with zero attached hydrogens (tertiary/aromatic N) is 2. The third-order valence-corrected chi connectivity index (χ3v) is 5.67. The summed E-state index contributed by atoms with van der Waals surface area (Å²) in [6.45, 7) is 8.30. The third-order valence-electron chi connectivity index (χ3n) is 5.67. The van der Waals surface area contributed by atoms with Crippen LogP contribution < -0.4 is 0 Å². The molecule has 0 saturated carbocycles. The largest absolute Gasteiger partial charge is 0.508 e. The van der Waals surface area contributed by atoms with Crippen LogP contribution in [0.1, 0.15) is 57.9 Å². The van der Waals surface area contributed by atoms with Crippen LogP contribution in [-0.2, 0) is 9.53 Å². The Morgan fingerprint density at radius 2 is 1.46 bits per heavy atom. The van der Waals surface area contributed by atoms with E-state index in [4.69, 9.17) is 4.74 Å². The van der Waals surface area contributed by atoms with Gasteiger partial charge in [-0.05, 0) is 70.1 Å². The minimum Gasteiger partial charge on any atom is -0.508 e. The minimum absolute atomic E-state index is 0.00362. The van der Waals surface area contributed by atoms with E-state index in [9.17, 15) is 14.7 Å². The fourth-order valence-corrected chi connectivity index (χ4v) is 4.07. The molecule has 154 valence electrons. The van der Waals surface area contributed by atoms with Crippen LogP contribution in [0.5, 0.6) is 5.75 Å². The molecular weight excluding hydrogens is 356 g/mol. The fraction of sp³-hybridized carbons (Fsp3) is 0.636. The first kappa shape index (κ1) is 20.5. The summed E-state index contributed by atoms with van der Waals surface area (Å²) in [6, 6.07) is 7.41. The second-order valence-corrected chi connectivity index (χ2v) is 8.93. The average molecular weight is 389 g/mol. The molecular formula is C22H32N2O4. The molecule has 0 aliphatic carbocycles. The van der Waals surface area contributed by atoms with Crippen molar-refractivity contribution in [3.8, 4) is 5.75 Å². The molecule has 28 heavy (non-hydrogen) atoms. The van der Waals surface area contributed by atoms with Crippen molar-refractivity contribution >= 4 is 12.0 Å². The third kappa shape index (κ3) is 5.18. The smallest absolute Gasteiger partial charge is 0.410 e. The van der Waals surface area contributed by atoms with E-state index in [-0.39, 0.29) is 23.7 Å². The van der Waals surface area contributed by atoms with Crippen molar-refractivity contribution in [3.05, 3.63) is 29.8 Å². The van der Waals surface area contributed by atoms with E-state index in [1.54, 1.807) is 17.0 Å². The Balaban J connectivity index is 1.46. The number of hydrogen-bond acceptors (Lipinski definition) is 4. The van der Waals surface area contributed by atoms with Gasteiger partial charge in [-0.15, -0.1) is 0 Å². The second-order valence-electron chi connectivity index (χ2n) is 8.93. The van der Waals surface area contributed by atoms with Gasteiger partial charge in [-0.1, -0.05) is 12.1 Å². The van der Waals surface area contributed by atoms with E-state index < -0.39 is 5.60 Å². The van der Waals surface area contributed by atoms with Crippen molar-refractivity contribution in [2.24, 2.45) is 5.92 Å². The van der Waals surface area contributed by atoms with Crippen LogP contribution in [0.4, 0.5) is 4.79 Å². The summed E-state index contributed by atoms with van der Waals surface area (Å²) in [4.78, 5) is 28.8. The number of piperidine rings is 2. The highest BCUT2D eigenvalue weighted by Gasteiger charge is 2.33. The number of rotatable bonds is 2. The molecule has 2 aliphatic rings. The standard InChI is InChI=1S/C22H32N2O4/c1-22(2,3)28-21(27)24-14-10-18(11-15-24)20(26)23-12-8-17(9-13-23)16-4-6-19(25)7-5-16/h4-7,17-18,25H,8-15H2,1-3H3. The van der Waals surface area contributed by atoms with Gasteiger partial charge in [0.1, 0.15) is 11.4 Å². The number of phenolic OH excluding ortho intramolecular Hbond substituents is 1. The number of carbonyl (C=O) groups is 2. The van der Waals surface area contributed by atoms with Gasteiger partial charge >= 0.3 is 6.09 Å². The normalized spacial score (nSPS) is 19.5. The molecule has 0 unspecified atom stereocenters. The van der Waals surface area contributed by atoms with E-state index in [2.05, 4.69) is 0 Å². The summed E-state index contributed by atoms with van der Waals surface area (Å²) < 4.78 is 5.43. The molecule has 6 nitrogen and oxygen atoms in total. The zero-order valence-electron chi connectivity index (χ0n) is 17.2. The van der Waals surface area contributed by atoms with E-state index in [0.717, 1.165) is 25.9 Å². The van der Waals surface area contributed by atoms with Gasteiger partial charge in [0.05, 0.1) is 0 Å². The lowest BCUT2D eigenvalue weighted by molar-refractivity contribution is -0.138. The van der Waals surface area contributed by atoms with Crippen molar-refractivity contribution in [1.82, 2.24) is 9.80 Å². The zero-order chi connectivity index (χ0) is 20.3. The molecule has 2 fully saturated rings. The quantitative estimate of drug-likeness (QED) is 0.838. The van der Waals surface area contributed by atoms with Crippen molar-refractivity contribution in [2.75, 3.05) is 26.2 Å². The summed E-state index contributed by atoms with van der Waals surface area (Å²) in [5.74, 6) is 0.963.